The van der Waals surface area contributed by atoms with Gasteiger partial charge in [0.1, 0.15) is 0 Å². The number of hydrogen-bond acceptors (Lipinski definition) is 4. The standard InChI is InChI=1S/C16H32N2O2S/c1-13(2)12-18-10-6-7-14(18)11-17-15-8-4-5-9-16(15)21(3,19)20/h13-17H,4-12H2,1-3H3/t14-,15+,16+/m0/s1. The van der Waals surface area contributed by atoms with Gasteiger partial charge in [-0.05, 0) is 38.1 Å². The Balaban J connectivity index is 1.88. The third kappa shape index (κ3) is 4.93. The van der Waals surface area contributed by atoms with Gasteiger partial charge in [-0.2, -0.15) is 0 Å². The second kappa shape index (κ2) is 7.42. The summed E-state index contributed by atoms with van der Waals surface area (Å²) in [6, 6.07) is 0.754. The first-order chi connectivity index (χ1) is 9.88. The van der Waals surface area contributed by atoms with Crippen LogP contribution in [0, 0.1) is 5.92 Å². The van der Waals surface area contributed by atoms with E-state index in [0.29, 0.717) is 12.0 Å². The molecule has 0 radical (unpaired) electrons. The molecule has 2 rings (SSSR count). The topological polar surface area (TPSA) is 49.4 Å². The van der Waals surface area contributed by atoms with Crippen LogP contribution in [0.25, 0.3) is 0 Å². The smallest absolute Gasteiger partial charge is 0.151 e. The molecule has 1 heterocycles. The molecule has 4 nitrogen and oxygen atoms in total. The summed E-state index contributed by atoms with van der Waals surface area (Å²) in [4.78, 5) is 2.58. The predicted molar refractivity (Wildman–Crippen MR) is 88.3 cm³/mol. The zero-order valence-electron chi connectivity index (χ0n) is 13.8. The van der Waals surface area contributed by atoms with Gasteiger partial charge in [0.15, 0.2) is 9.84 Å². The van der Waals surface area contributed by atoms with Crippen LogP contribution in [-0.2, 0) is 9.84 Å². The van der Waals surface area contributed by atoms with E-state index in [1.807, 2.05) is 0 Å². The Bertz CT molecular complexity index is 422. The van der Waals surface area contributed by atoms with Crippen molar-refractivity contribution in [3.8, 4) is 0 Å². The number of likely N-dealkylation sites (tertiary alicyclic amines) is 1. The molecule has 124 valence electrons. The minimum Gasteiger partial charge on any atom is -0.311 e. The maximum absolute atomic E-state index is 12.0. The normalized spacial score (nSPS) is 31.9. The highest BCUT2D eigenvalue weighted by atomic mass is 32.2. The molecule has 2 fully saturated rings. The van der Waals surface area contributed by atoms with Crippen LogP contribution in [0.1, 0.15) is 52.4 Å². The fourth-order valence-corrected chi connectivity index (χ4v) is 5.39. The lowest BCUT2D eigenvalue weighted by atomic mass is 9.94. The van der Waals surface area contributed by atoms with Crippen LogP contribution < -0.4 is 5.32 Å². The third-order valence-corrected chi connectivity index (χ3v) is 6.63. The molecule has 0 unspecified atom stereocenters. The highest BCUT2D eigenvalue weighted by molar-refractivity contribution is 7.91. The van der Waals surface area contributed by atoms with Crippen LogP contribution in [0.15, 0.2) is 0 Å². The average molecular weight is 317 g/mol. The largest absolute Gasteiger partial charge is 0.311 e. The van der Waals surface area contributed by atoms with Crippen LogP contribution in [0.5, 0.6) is 0 Å². The maximum atomic E-state index is 12.0. The summed E-state index contributed by atoms with van der Waals surface area (Å²) in [7, 11) is -2.93. The molecule has 1 saturated carbocycles. The molecule has 0 spiro atoms. The number of nitrogens with one attached hydrogen (secondary N) is 1. The predicted octanol–water partition coefficient (Wildman–Crippen LogP) is 2.05. The van der Waals surface area contributed by atoms with Crippen molar-refractivity contribution >= 4 is 9.84 Å². The van der Waals surface area contributed by atoms with Crippen LogP contribution in [0.3, 0.4) is 0 Å². The number of nitrogens with zero attached hydrogens (tertiary/aromatic N) is 1. The Kier molecular flexibility index (Phi) is 6.09. The Labute approximate surface area is 130 Å². The monoisotopic (exact) mass is 316 g/mol. The zero-order chi connectivity index (χ0) is 15.5. The highest BCUT2D eigenvalue weighted by Crippen LogP contribution is 2.25. The van der Waals surface area contributed by atoms with E-state index >= 15 is 0 Å². The summed E-state index contributed by atoms with van der Waals surface area (Å²) in [6.07, 6.45) is 7.97. The molecule has 5 heteroatoms. The van der Waals surface area contributed by atoms with Crippen molar-refractivity contribution in [2.75, 3.05) is 25.9 Å². The average Bonchev–Trinajstić information content (AvgIpc) is 2.82. The molecule has 0 bridgehead atoms. The Morgan fingerprint density at radius 1 is 1.14 bits per heavy atom. The van der Waals surface area contributed by atoms with E-state index in [1.54, 1.807) is 0 Å². The Hall–Kier alpha value is -0.130. The van der Waals surface area contributed by atoms with E-state index in [0.717, 1.165) is 38.8 Å². The SMILES string of the molecule is CC(C)CN1CCC[C@H]1CN[C@@H]1CCCC[C@H]1S(C)(=O)=O. The van der Waals surface area contributed by atoms with Gasteiger partial charge in [0, 0.05) is 31.4 Å². The molecule has 0 amide bonds. The molecular weight excluding hydrogens is 284 g/mol. The molecule has 1 aliphatic carbocycles. The van der Waals surface area contributed by atoms with Gasteiger partial charge in [-0.25, -0.2) is 8.42 Å². The van der Waals surface area contributed by atoms with E-state index in [9.17, 15) is 8.42 Å². The molecule has 1 aliphatic heterocycles. The van der Waals surface area contributed by atoms with Crippen LogP contribution in [0.2, 0.25) is 0 Å². The van der Waals surface area contributed by atoms with E-state index < -0.39 is 9.84 Å². The second-order valence-electron chi connectivity index (χ2n) is 7.35. The summed E-state index contributed by atoms with van der Waals surface area (Å²) in [5, 5.41) is 3.43. The minimum atomic E-state index is -2.93. The van der Waals surface area contributed by atoms with E-state index in [2.05, 4.69) is 24.1 Å². The van der Waals surface area contributed by atoms with Gasteiger partial charge in [0.25, 0.3) is 0 Å². The molecule has 3 atom stereocenters. The number of rotatable bonds is 6. The zero-order valence-corrected chi connectivity index (χ0v) is 14.7. The summed E-state index contributed by atoms with van der Waals surface area (Å²) in [5.41, 5.74) is 0. The van der Waals surface area contributed by atoms with Crippen molar-refractivity contribution < 1.29 is 8.42 Å². The summed E-state index contributed by atoms with van der Waals surface area (Å²) in [6.45, 7) is 7.84. The molecule has 0 aromatic heterocycles. The molecule has 0 aromatic carbocycles. The third-order valence-electron chi connectivity index (χ3n) is 4.97. The first-order valence-electron chi connectivity index (χ1n) is 8.54. The Morgan fingerprint density at radius 2 is 1.86 bits per heavy atom. The lowest BCUT2D eigenvalue weighted by Gasteiger charge is -2.33. The van der Waals surface area contributed by atoms with Gasteiger partial charge in [-0.3, -0.25) is 4.90 Å². The van der Waals surface area contributed by atoms with Crippen molar-refractivity contribution in [2.45, 2.75) is 69.7 Å². The fourth-order valence-electron chi connectivity index (χ4n) is 3.97. The summed E-state index contributed by atoms with van der Waals surface area (Å²) >= 11 is 0. The molecule has 1 N–H and O–H groups in total. The van der Waals surface area contributed by atoms with Gasteiger partial charge in [0.2, 0.25) is 0 Å². The lowest BCUT2D eigenvalue weighted by Crippen LogP contribution is -2.50. The van der Waals surface area contributed by atoms with Crippen molar-refractivity contribution in [2.24, 2.45) is 5.92 Å². The highest BCUT2D eigenvalue weighted by Gasteiger charge is 2.33. The Morgan fingerprint density at radius 3 is 2.52 bits per heavy atom. The van der Waals surface area contributed by atoms with Gasteiger partial charge >= 0.3 is 0 Å². The summed E-state index contributed by atoms with van der Waals surface area (Å²) < 4.78 is 23.9. The number of hydrogen-bond donors (Lipinski definition) is 1. The van der Waals surface area contributed by atoms with E-state index in [-0.39, 0.29) is 11.3 Å². The van der Waals surface area contributed by atoms with Gasteiger partial charge in [-0.15, -0.1) is 0 Å². The first kappa shape index (κ1) is 17.2. The maximum Gasteiger partial charge on any atom is 0.151 e. The van der Waals surface area contributed by atoms with E-state index in [4.69, 9.17) is 0 Å². The van der Waals surface area contributed by atoms with E-state index in [1.165, 1.54) is 25.6 Å². The van der Waals surface area contributed by atoms with Crippen molar-refractivity contribution in [1.82, 2.24) is 10.2 Å². The van der Waals surface area contributed by atoms with Crippen LogP contribution >= 0.6 is 0 Å². The number of sulfone groups is 1. The molecule has 1 saturated heterocycles. The van der Waals surface area contributed by atoms with Gasteiger partial charge in [0.05, 0.1) is 5.25 Å². The van der Waals surface area contributed by atoms with Crippen LogP contribution in [0.4, 0.5) is 0 Å². The first-order valence-corrected chi connectivity index (χ1v) is 10.5. The van der Waals surface area contributed by atoms with Crippen molar-refractivity contribution in [3.05, 3.63) is 0 Å². The quantitative estimate of drug-likeness (QED) is 0.815. The fraction of sp³-hybridized carbons (Fsp3) is 1.00. The second-order valence-corrected chi connectivity index (χ2v) is 9.62. The molecular formula is C16H32N2O2S. The minimum absolute atomic E-state index is 0.162. The van der Waals surface area contributed by atoms with Gasteiger partial charge < -0.3 is 5.32 Å². The van der Waals surface area contributed by atoms with Crippen molar-refractivity contribution in [3.63, 3.8) is 0 Å². The lowest BCUT2D eigenvalue weighted by molar-refractivity contribution is 0.213. The van der Waals surface area contributed by atoms with Crippen molar-refractivity contribution in [1.29, 1.82) is 0 Å². The molecule has 21 heavy (non-hydrogen) atoms. The van der Waals surface area contributed by atoms with Crippen LogP contribution in [-0.4, -0.2) is 56.5 Å². The summed E-state index contributed by atoms with van der Waals surface area (Å²) in [5.74, 6) is 0.698. The molecule has 0 aromatic rings. The molecule has 2 aliphatic rings. The van der Waals surface area contributed by atoms with Gasteiger partial charge in [-0.1, -0.05) is 26.7 Å².